The Morgan fingerprint density at radius 2 is 1.86 bits per heavy atom. The van der Waals surface area contributed by atoms with Crippen molar-refractivity contribution in [2.24, 2.45) is 16.7 Å². The molecule has 0 heterocycles. The van der Waals surface area contributed by atoms with Gasteiger partial charge in [0.25, 0.3) is 6.47 Å². The summed E-state index contributed by atoms with van der Waals surface area (Å²) in [5, 5.41) is 16.7. The Morgan fingerprint density at radius 1 is 1.36 bits per heavy atom. The summed E-state index contributed by atoms with van der Waals surface area (Å²) in [7, 11) is 0. The number of carboxylic acid groups (broad SMARTS) is 1. The third-order valence-electron chi connectivity index (χ3n) is 4.75. The monoisotopic (exact) mass is 200 g/mol. The minimum absolute atomic E-state index is 0.0313. The zero-order chi connectivity index (χ0) is 11.0. The second-order valence-corrected chi connectivity index (χ2v) is 5.23. The van der Waals surface area contributed by atoms with Crippen molar-refractivity contribution in [3.05, 3.63) is 0 Å². The molecule has 2 aliphatic carbocycles. The van der Waals surface area contributed by atoms with E-state index in [9.17, 15) is 5.11 Å². The highest BCUT2D eigenvalue weighted by Gasteiger charge is 2.60. The van der Waals surface area contributed by atoms with E-state index in [-0.39, 0.29) is 18.0 Å². The molecule has 0 amide bonds. The summed E-state index contributed by atoms with van der Waals surface area (Å²) in [6.45, 7) is 6.65. The van der Waals surface area contributed by atoms with Crippen molar-refractivity contribution in [1.29, 1.82) is 0 Å². The van der Waals surface area contributed by atoms with Crippen LogP contribution >= 0.6 is 0 Å². The SMILES string of the molecule is CC1(C)C2CCC1(C)C(O)C2.O=CO. The van der Waals surface area contributed by atoms with Crippen LogP contribution < -0.4 is 0 Å². The summed E-state index contributed by atoms with van der Waals surface area (Å²) in [5.41, 5.74) is 0.601. The van der Waals surface area contributed by atoms with E-state index in [2.05, 4.69) is 20.8 Å². The van der Waals surface area contributed by atoms with Crippen LogP contribution in [0.25, 0.3) is 0 Å². The molecule has 2 saturated carbocycles. The Bertz CT molecular complexity index is 225. The molecule has 3 nitrogen and oxygen atoms in total. The third-order valence-corrected chi connectivity index (χ3v) is 4.75. The molecule has 2 N–H and O–H groups in total. The number of carbonyl (C=O) groups is 1. The lowest BCUT2D eigenvalue weighted by atomic mass is 9.70. The van der Waals surface area contributed by atoms with Crippen LogP contribution in [-0.4, -0.2) is 22.8 Å². The van der Waals surface area contributed by atoms with Crippen molar-refractivity contribution in [2.75, 3.05) is 0 Å². The van der Waals surface area contributed by atoms with Crippen LogP contribution in [0.3, 0.4) is 0 Å². The molecule has 2 bridgehead atoms. The molecule has 0 aromatic rings. The minimum Gasteiger partial charge on any atom is -0.483 e. The average Bonchev–Trinajstić information content (AvgIpc) is 2.38. The molecule has 3 heteroatoms. The number of hydrogen-bond acceptors (Lipinski definition) is 2. The van der Waals surface area contributed by atoms with E-state index in [1.165, 1.54) is 12.8 Å². The van der Waals surface area contributed by atoms with Crippen molar-refractivity contribution in [3.8, 4) is 0 Å². The Labute approximate surface area is 85.1 Å². The maximum atomic E-state index is 9.81. The van der Waals surface area contributed by atoms with Crippen molar-refractivity contribution < 1.29 is 15.0 Å². The smallest absolute Gasteiger partial charge is 0.290 e. The molecule has 0 radical (unpaired) electrons. The van der Waals surface area contributed by atoms with E-state index < -0.39 is 0 Å². The number of hydrogen-bond donors (Lipinski definition) is 2. The maximum absolute atomic E-state index is 9.81. The lowest BCUT2D eigenvalue weighted by Crippen LogP contribution is -2.35. The van der Waals surface area contributed by atoms with E-state index in [1.807, 2.05) is 0 Å². The van der Waals surface area contributed by atoms with Gasteiger partial charge in [-0.05, 0) is 36.0 Å². The molecule has 3 atom stereocenters. The summed E-state index contributed by atoms with van der Waals surface area (Å²) in [4.78, 5) is 8.36. The lowest BCUT2D eigenvalue weighted by Gasteiger charge is -2.36. The minimum atomic E-state index is -0.250. The highest BCUT2D eigenvalue weighted by Crippen LogP contribution is 2.65. The van der Waals surface area contributed by atoms with Gasteiger partial charge in [0, 0.05) is 0 Å². The summed E-state index contributed by atoms with van der Waals surface area (Å²) < 4.78 is 0. The molecule has 0 saturated heterocycles. The third kappa shape index (κ3) is 1.34. The Kier molecular flexibility index (Phi) is 2.91. The number of aliphatic hydroxyl groups excluding tert-OH is 1. The van der Waals surface area contributed by atoms with Gasteiger partial charge in [0.1, 0.15) is 0 Å². The molecule has 2 aliphatic rings. The van der Waals surface area contributed by atoms with E-state index in [1.54, 1.807) is 0 Å². The first-order valence-corrected chi connectivity index (χ1v) is 5.16. The zero-order valence-electron chi connectivity index (χ0n) is 9.16. The van der Waals surface area contributed by atoms with Gasteiger partial charge in [-0.15, -0.1) is 0 Å². The van der Waals surface area contributed by atoms with Crippen LogP contribution in [0.5, 0.6) is 0 Å². The molecular formula is C11H20O3. The van der Waals surface area contributed by atoms with E-state index in [0.717, 1.165) is 12.3 Å². The van der Waals surface area contributed by atoms with Gasteiger partial charge in [-0.25, -0.2) is 0 Å². The zero-order valence-corrected chi connectivity index (χ0v) is 9.16. The normalized spacial score (nSPS) is 42.9. The molecular weight excluding hydrogens is 180 g/mol. The van der Waals surface area contributed by atoms with Gasteiger partial charge in [0.05, 0.1) is 6.10 Å². The molecule has 0 aromatic carbocycles. The first-order chi connectivity index (χ1) is 6.40. The Balaban J connectivity index is 0.000000293. The first kappa shape index (κ1) is 11.5. The van der Waals surface area contributed by atoms with E-state index in [4.69, 9.17) is 9.90 Å². The van der Waals surface area contributed by atoms with Crippen LogP contribution in [0.4, 0.5) is 0 Å². The number of fused-ring (bicyclic) bond motifs is 2. The highest BCUT2D eigenvalue weighted by atomic mass is 16.3. The summed E-state index contributed by atoms with van der Waals surface area (Å²) in [6, 6.07) is 0. The number of aliphatic hydroxyl groups is 1. The van der Waals surface area contributed by atoms with Gasteiger partial charge in [-0.1, -0.05) is 20.8 Å². The van der Waals surface area contributed by atoms with Crippen LogP contribution in [0, 0.1) is 16.7 Å². The Hall–Kier alpha value is -0.570. The first-order valence-electron chi connectivity index (χ1n) is 5.16. The van der Waals surface area contributed by atoms with Crippen molar-refractivity contribution in [2.45, 2.75) is 46.1 Å². The van der Waals surface area contributed by atoms with Gasteiger partial charge >= 0.3 is 0 Å². The van der Waals surface area contributed by atoms with Crippen molar-refractivity contribution >= 4 is 6.47 Å². The molecule has 3 unspecified atom stereocenters. The van der Waals surface area contributed by atoms with Crippen LogP contribution in [0.2, 0.25) is 0 Å². The van der Waals surface area contributed by atoms with Crippen LogP contribution in [0.15, 0.2) is 0 Å². The molecule has 2 fully saturated rings. The highest BCUT2D eigenvalue weighted by molar-refractivity contribution is 5.32. The van der Waals surface area contributed by atoms with Gasteiger partial charge in [0.2, 0.25) is 0 Å². The van der Waals surface area contributed by atoms with Gasteiger partial charge in [-0.3, -0.25) is 4.79 Å². The number of rotatable bonds is 0. The van der Waals surface area contributed by atoms with Gasteiger partial charge in [-0.2, -0.15) is 0 Å². The summed E-state index contributed by atoms with van der Waals surface area (Å²) in [5.74, 6) is 0.780. The Morgan fingerprint density at radius 3 is 2.00 bits per heavy atom. The van der Waals surface area contributed by atoms with Crippen LogP contribution in [0.1, 0.15) is 40.0 Å². The van der Waals surface area contributed by atoms with Crippen LogP contribution in [-0.2, 0) is 4.79 Å². The predicted molar refractivity (Wildman–Crippen MR) is 53.9 cm³/mol. The largest absolute Gasteiger partial charge is 0.483 e. The fraction of sp³-hybridized carbons (Fsp3) is 0.909. The van der Waals surface area contributed by atoms with Gasteiger partial charge < -0.3 is 10.2 Å². The second kappa shape index (κ2) is 3.54. The standard InChI is InChI=1S/C10H18O.CH2O2/c1-9(2)7-4-5-10(9,3)8(11)6-7;2-1-3/h7-8,11H,4-6H2,1-3H3;1H,(H,2,3). The van der Waals surface area contributed by atoms with E-state index >= 15 is 0 Å². The molecule has 0 aliphatic heterocycles. The summed E-state index contributed by atoms with van der Waals surface area (Å²) >= 11 is 0. The average molecular weight is 200 g/mol. The molecule has 14 heavy (non-hydrogen) atoms. The van der Waals surface area contributed by atoms with E-state index in [0.29, 0.717) is 5.41 Å². The molecule has 0 spiro atoms. The lowest BCUT2D eigenvalue weighted by molar-refractivity contribution is -0.122. The molecule has 82 valence electrons. The maximum Gasteiger partial charge on any atom is 0.290 e. The molecule has 0 aromatic heterocycles. The quantitative estimate of drug-likeness (QED) is 0.587. The predicted octanol–water partition coefficient (Wildman–Crippen LogP) is 1.89. The summed E-state index contributed by atoms with van der Waals surface area (Å²) in [6.07, 6.45) is 3.58. The fourth-order valence-electron chi connectivity index (χ4n) is 3.16. The second-order valence-electron chi connectivity index (χ2n) is 5.23. The van der Waals surface area contributed by atoms with Crippen molar-refractivity contribution in [3.63, 3.8) is 0 Å². The van der Waals surface area contributed by atoms with Crippen molar-refractivity contribution in [1.82, 2.24) is 0 Å². The van der Waals surface area contributed by atoms with Gasteiger partial charge in [0.15, 0.2) is 0 Å². The fourth-order valence-corrected chi connectivity index (χ4v) is 3.16. The molecule has 2 rings (SSSR count). The topological polar surface area (TPSA) is 57.5 Å².